The molecule has 1 aromatic heterocycles. The van der Waals surface area contributed by atoms with Crippen LogP contribution in [0.2, 0.25) is 5.02 Å². The molecule has 0 atom stereocenters. The second-order valence-corrected chi connectivity index (χ2v) is 6.04. The van der Waals surface area contributed by atoms with Crippen LogP contribution in [0.25, 0.3) is 10.9 Å². The summed E-state index contributed by atoms with van der Waals surface area (Å²) >= 11 is 6.08. The number of rotatable bonds is 5. The maximum Gasteiger partial charge on any atom is 0.228 e. The van der Waals surface area contributed by atoms with Gasteiger partial charge in [0.2, 0.25) is 5.91 Å². The van der Waals surface area contributed by atoms with Crippen LogP contribution in [0.4, 0.5) is 5.69 Å². The number of carbonyl (C=O) groups excluding carboxylic acids is 1. The lowest BCUT2D eigenvalue weighted by Crippen LogP contribution is -2.14. The highest BCUT2D eigenvalue weighted by Crippen LogP contribution is 2.26. The van der Waals surface area contributed by atoms with Crippen molar-refractivity contribution in [2.75, 3.05) is 11.9 Å². The molecule has 0 unspecified atom stereocenters. The Bertz CT molecular complexity index is 869. The first-order valence-electron chi connectivity index (χ1n) is 7.86. The zero-order chi connectivity index (χ0) is 17.1. The van der Waals surface area contributed by atoms with Gasteiger partial charge in [0.05, 0.1) is 13.0 Å². The van der Waals surface area contributed by atoms with E-state index in [2.05, 4.69) is 10.3 Å². The van der Waals surface area contributed by atoms with Crippen LogP contribution in [0.15, 0.2) is 42.5 Å². The van der Waals surface area contributed by atoms with Crippen LogP contribution in [-0.4, -0.2) is 17.5 Å². The van der Waals surface area contributed by atoms with Gasteiger partial charge in [-0.05, 0) is 61.9 Å². The van der Waals surface area contributed by atoms with Gasteiger partial charge < -0.3 is 15.0 Å². The van der Waals surface area contributed by atoms with Gasteiger partial charge in [-0.3, -0.25) is 4.79 Å². The lowest BCUT2D eigenvalue weighted by molar-refractivity contribution is -0.115. The minimum atomic E-state index is -0.0665. The van der Waals surface area contributed by atoms with Gasteiger partial charge in [-0.2, -0.15) is 0 Å². The van der Waals surface area contributed by atoms with E-state index in [0.29, 0.717) is 18.1 Å². The molecule has 3 rings (SSSR count). The number of ether oxygens (including phenoxy) is 1. The van der Waals surface area contributed by atoms with Gasteiger partial charge in [-0.1, -0.05) is 11.6 Å². The molecule has 0 fully saturated rings. The van der Waals surface area contributed by atoms with Gasteiger partial charge in [0.25, 0.3) is 0 Å². The first-order valence-corrected chi connectivity index (χ1v) is 8.24. The number of hydrogen-bond donors (Lipinski definition) is 2. The molecule has 5 heteroatoms. The molecule has 3 aromatic rings. The van der Waals surface area contributed by atoms with E-state index in [1.165, 1.54) is 0 Å². The Hall–Kier alpha value is -2.46. The maximum absolute atomic E-state index is 12.4. The summed E-state index contributed by atoms with van der Waals surface area (Å²) in [5.74, 6) is 0.723. The molecule has 0 aliphatic carbocycles. The molecule has 0 radical (unpaired) electrons. The Morgan fingerprint density at radius 3 is 2.67 bits per heavy atom. The summed E-state index contributed by atoms with van der Waals surface area (Å²) < 4.78 is 5.40. The molecular weight excluding hydrogens is 324 g/mol. The number of anilines is 1. The van der Waals surface area contributed by atoms with Crippen LogP contribution in [0, 0.1) is 6.92 Å². The molecule has 0 aliphatic rings. The molecule has 0 spiro atoms. The zero-order valence-corrected chi connectivity index (χ0v) is 14.4. The summed E-state index contributed by atoms with van der Waals surface area (Å²) in [7, 11) is 0. The number of fused-ring (bicyclic) bond motifs is 1. The molecule has 0 bridgehead atoms. The number of aromatic nitrogens is 1. The Kier molecular flexibility index (Phi) is 4.76. The van der Waals surface area contributed by atoms with Gasteiger partial charge in [-0.25, -0.2) is 0 Å². The minimum Gasteiger partial charge on any atom is -0.494 e. The third kappa shape index (κ3) is 3.54. The zero-order valence-electron chi connectivity index (χ0n) is 13.7. The lowest BCUT2D eigenvalue weighted by atomic mass is 10.1. The van der Waals surface area contributed by atoms with E-state index in [1.54, 1.807) is 0 Å². The van der Waals surface area contributed by atoms with E-state index < -0.39 is 0 Å². The van der Waals surface area contributed by atoms with Crippen molar-refractivity contribution in [3.8, 4) is 5.75 Å². The third-order valence-electron chi connectivity index (χ3n) is 3.87. The number of hydrogen-bond acceptors (Lipinski definition) is 2. The predicted octanol–water partition coefficient (Wildman–Crippen LogP) is 4.71. The van der Waals surface area contributed by atoms with E-state index in [9.17, 15) is 4.79 Å². The Morgan fingerprint density at radius 1 is 1.21 bits per heavy atom. The average molecular weight is 343 g/mol. The van der Waals surface area contributed by atoms with Crippen LogP contribution >= 0.6 is 11.6 Å². The molecule has 1 amide bonds. The second-order valence-electron chi connectivity index (χ2n) is 5.60. The summed E-state index contributed by atoms with van der Waals surface area (Å²) in [5, 5.41) is 4.56. The maximum atomic E-state index is 12.4. The molecule has 4 nitrogen and oxygen atoms in total. The third-order valence-corrected chi connectivity index (χ3v) is 4.10. The summed E-state index contributed by atoms with van der Waals surface area (Å²) in [5.41, 5.74) is 3.68. The molecule has 2 N–H and O–H groups in total. The number of aryl methyl sites for hydroxylation is 1. The summed E-state index contributed by atoms with van der Waals surface area (Å²) in [4.78, 5) is 15.7. The number of benzene rings is 2. The van der Waals surface area contributed by atoms with Crippen LogP contribution in [-0.2, 0) is 11.2 Å². The fourth-order valence-electron chi connectivity index (χ4n) is 2.75. The van der Waals surface area contributed by atoms with Crippen molar-refractivity contribution < 1.29 is 9.53 Å². The van der Waals surface area contributed by atoms with Gasteiger partial charge >= 0.3 is 0 Å². The standard InChI is InChI=1S/C19H19ClN2O2/c1-3-24-15-7-5-14(6-8-15)22-19(23)11-16-12(2)21-18-9-4-13(20)10-17(16)18/h4-10,21H,3,11H2,1-2H3,(H,22,23). The summed E-state index contributed by atoms with van der Waals surface area (Å²) in [6.07, 6.45) is 0.291. The minimum absolute atomic E-state index is 0.0665. The van der Waals surface area contributed by atoms with E-state index in [4.69, 9.17) is 16.3 Å². The van der Waals surface area contributed by atoms with Crippen LogP contribution in [0.5, 0.6) is 5.75 Å². The fraction of sp³-hybridized carbons (Fsp3) is 0.211. The van der Waals surface area contributed by atoms with Crippen molar-refractivity contribution in [3.63, 3.8) is 0 Å². The lowest BCUT2D eigenvalue weighted by Gasteiger charge is -2.07. The summed E-state index contributed by atoms with van der Waals surface area (Å²) in [6, 6.07) is 13.0. The first-order chi connectivity index (χ1) is 11.6. The molecule has 24 heavy (non-hydrogen) atoms. The van der Waals surface area contributed by atoms with Gasteiger partial charge in [0.15, 0.2) is 0 Å². The molecule has 0 saturated carbocycles. The quantitative estimate of drug-likeness (QED) is 0.705. The summed E-state index contributed by atoms with van der Waals surface area (Å²) in [6.45, 7) is 4.52. The number of H-pyrrole nitrogens is 1. The van der Waals surface area contributed by atoms with Gasteiger partial charge in [0.1, 0.15) is 5.75 Å². The van der Waals surface area contributed by atoms with Crippen molar-refractivity contribution in [2.24, 2.45) is 0 Å². The normalized spacial score (nSPS) is 10.8. The fourth-order valence-corrected chi connectivity index (χ4v) is 2.92. The number of halogens is 1. The molecule has 0 saturated heterocycles. The molecule has 124 valence electrons. The number of aromatic amines is 1. The van der Waals surface area contributed by atoms with Crippen molar-refractivity contribution in [1.29, 1.82) is 0 Å². The van der Waals surface area contributed by atoms with Crippen molar-refractivity contribution in [3.05, 3.63) is 58.7 Å². The highest BCUT2D eigenvalue weighted by Gasteiger charge is 2.13. The molecule has 2 aromatic carbocycles. The van der Waals surface area contributed by atoms with Crippen LogP contribution in [0.3, 0.4) is 0 Å². The topological polar surface area (TPSA) is 54.1 Å². The van der Waals surface area contributed by atoms with Crippen molar-refractivity contribution in [2.45, 2.75) is 20.3 Å². The first kappa shape index (κ1) is 16.4. The average Bonchev–Trinajstić information content (AvgIpc) is 2.85. The van der Waals surface area contributed by atoms with E-state index in [-0.39, 0.29) is 5.91 Å². The van der Waals surface area contributed by atoms with E-state index in [0.717, 1.165) is 33.6 Å². The number of nitrogens with one attached hydrogen (secondary N) is 2. The van der Waals surface area contributed by atoms with Crippen LogP contribution in [0.1, 0.15) is 18.2 Å². The predicted molar refractivity (Wildman–Crippen MR) is 98.0 cm³/mol. The van der Waals surface area contributed by atoms with Crippen molar-refractivity contribution in [1.82, 2.24) is 4.98 Å². The SMILES string of the molecule is CCOc1ccc(NC(=O)Cc2c(C)[nH]c3ccc(Cl)cc23)cc1. The monoisotopic (exact) mass is 342 g/mol. The second kappa shape index (κ2) is 6.97. The number of amides is 1. The Labute approximate surface area is 145 Å². The highest BCUT2D eigenvalue weighted by molar-refractivity contribution is 6.31. The van der Waals surface area contributed by atoms with Gasteiger partial charge in [-0.15, -0.1) is 0 Å². The molecule has 0 aliphatic heterocycles. The number of carbonyl (C=O) groups is 1. The van der Waals surface area contributed by atoms with Crippen LogP contribution < -0.4 is 10.1 Å². The Balaban J connectivity index is 1.75. The molecular formula is C19H19ClN2O2. The van der Waals surface area contributed by atoms with E-state index >= 15 is 0 Å². The van der Waals surface area contributed by atoms with Crippen molar-refractivity contribution >= 4 is 34.1 Å². The van der Waals surface area contributed by atoms with E-state index in [1.807, 2.05) is 56.3 Å². The highest BCUT2D eigenvalue weighted by atomic mass is 35.5. The largest absolute Gasteiger partial charge is 0.494 e. The van der Waals surface area contributed by atoms with Gasteiger partial charge in [0, 0.05) is 27.3 Å². The smallest absolute Gasteiger partial charge is 0.228 e. The molecule has 1 heterocycles. The Morgan fingerprint density at radius 2 is 1.96 bits per heavy atom.